The number of morpholine rings is 1. The summed E-state index contributed by atoms with van der Waals surface area (Å²) in [7, 11) is 2.08. The van der Waals surface area contributed by atoms with Gasteiger partial charge in [0.2, 0.25) is 0 Å². The Bertz CT molecular complexity index is 827. The zero-order chi connectivity index (χ0) is 19.7. The van der Waals surface area contributed by atoms with Crippen molar-refractivity contribution in [3.63, 3.8) is 0 Å². The minimum Gasteiger partial charge on any atom is -0.374 e. The second-order valence-electron chi connectivity index (χ2n) is 7.78. The number of hydrogen-bond donors (Lipinski definition) is 1. The maximum absolute atomic E-state index is 12.7. The largest absolute Gasteiger partial charge is 0.374 e. The second kappa shape index (κ2) is 8.32. The van der Waals surface area contributed by atoms with Crippen LogP contribution >= 0.6 is 11.3 Å². The number of nitrogens with zero attached hydrogens (tertiary/aromatic N) is 3. The molecule has 1 fully saturated rings. The van der Waals surface area contributed by atoms with Crippen LogP contribution < -0.4 is 5.32 Å². The van der Waals surface area contributed by atoms with E-state index in [2.05, 4.69) is 27.3 Å². The van der Waals surface area contributed by atoms with Gasteiger partial charge in [-0.2, -0.15) is 0 Å². The molecule has 0 aromatic carbocycles. The molecule has 7 nitrogen and oxygen atoms in total. The predicted octanol–water partition coefficient (Wildman–Crippen LogP) is 1.97. The molecule has 2 aliphatic heterocycles. The number of carbonyl (C=O) groups is 1. The first-order valence-electron chi connectivity index (χ1n) is 9.83. The SMILES string of the molecule is Cc1noc(C)c1CN1CCc2c(C(=O)NC[C@@H]3CN(C)CCO3)csc2C1. The van der Waals surface area contributed by atoms with Crippen LogP contribution in [0, 0.1) is 13.8 Å². The van der Waals surface area contributed by atoms with E-state index in [9.17, 15) is 4.79 Å². The maximum Gasteiger partial charge on any atom is 0.252 e. The van der Waals surface area contributed by atoms with Gasteiger partial charge in [0.25, 0.3) is 5.91 Å². The maximum atomic E-state index is 12.7. The number of aryl methyl sites for hydroxylation is 2. The van der Waals surface area contributed by atoms with E-state index in [0.29, 0.717) is 6.54 Å². The lowest BCUT2D eigenvalue weighted by molar-refractivity contribution is -0.0175. The van der Waals surface area contributed by atoms with Gasteiger partial charge in [-0.25, -0.2) is 0 Å². The fourth-order valence-electron chi connectivity index (χ4n) is 3.95. The van der Waals surface area contributed by atoms with E-state index in [4.69, 9.17) is 9.26 Å². The van der Waals surface area contributed by atoms with Crippen molar-refractivity contribution in [3.05, 3.63) is 38.4 Å². The molecule has 8 heteroatoms. The molecule has 1 amide bonds. The summed E-state index contributed by atoms with van der Waals surface area (Å²) in [5, 5.41) is 9.13. The summed E-state index contributed by atoms with van der Waals surface area (Å²) in [6, 6.07) is 0. The van der Waals surface area contributed by atoms with Crippen LogP contribution in [0.5, 0.6) is 0 Å². The van der Waals surface area contributed by atoms with Gasteiger partial charge in [0.05, 0.1) is 24.0 Å². The lowest BCUT2D eigenvalue weighted by Gasteiger charge is -2.30. The third kappa shape index (κ3) is 4.15. The number of fused-ring (bicyclic) bond motifs is 1. The standard InChI is InChI=1S/C20H28N4O3S/c1-13-17(14(2)27-22-13)10-24-5-4-16-18(12-28-19(16)11-24)20(25)21-8-15-9-23(3)6-7-26-15/h12,15H,4-11H2,1-3H3,(H,21,25)/t15-/m1/s1. The number of rotatable bonds is 5. The predicted molar refractivity (Wildman–Crippen MR) is 108 cm³/mol. The van der Waals surface area contributed by atoms with Crippen LogP contribution in [0.25, 0.3) is 0 Å². The zero-order valence-electron chi connectivity index (χ0n) is 16.8. The fraction of sp³-hybridized carbons (Fsp3) is 0.600. The molecule has 4 rings (SSSR count). The lowest BCUT2D eigenvalue weighted by Crippen LogP contribution is -2.46. The van der Waals surface area contributed by atoms with E-state index in [-0.39, 0.29) is 12.0 Å². The Hall–Kier alpha value is -1.74. The molecule has 0 saturated carbocycles. The molecule has 4 heterocycles. The van der Waals surface area contributed by atoms with Crippen molar-refractivity contribution in [2.45, 2.75) is 39.5 Å². The molecule has 1 N–H and O–H groups in total. The lowest BCUT2D eigenvalue weighted by atomic mass is 10.0. The van der Waals surface area contributed by atoms with Gasteiger partial charge < -0.3 is 19.5 Å². The highest BCUT2D eigenvalue weighted by molar-refractivity contribution is 7.10. The summed E-state index contributed by atoms with van der Waals surface area (Å²) < 4.78 is 11.0. The average molecular weight is 405 g/mol. The molecule has 1 saturated heterocycles. The summed E-state index contributed by atoms with van der Waals surface area (Å²) in [6.45, 7) is 9.70. The Kier molecular flexibility index (Phi) is 5.82. The highest BCUT2D eigenvalue weighted by atomic mass is 32.1. The molecule has 1 atom stereocenters. The Labute approximate surface area is 169 Å². The second-order valence-corrected chi connectivity index (χ2v) is 8.74. The van der Waals surface area contributed by atoms with Crippen molar-refractivity contribution >= 4 is 17.2 Å². The number of ether oxygens (including phenoxy) is 1. The van der Waals surface area contributed by atoms with Crippen LogP contribution in [0.15, 0.2) is 9.90 Å². The number of thiophene rings is 1. The molecule has 28 heavy (non-hydrogen) atoms. The van der Waals surface area contributed by atoms with Crippen LogP contribution in [-0.2, 0) is 24.2 Å². The Balaban J connectivity index is 1.36. The molecule has 0 spiro atoms. The molecule has 0 bridgehead atoms. The van der Waals surface area contributed by atoms with E-state index in [1.54, 1.807) is 11.3 Å². The van der Waals surface area contributed by atoms with Gasteiger partial charge in [-0.1, -0.05) is 5.16 Å². The zero-order valence-corrected chi connectivity index (χ0v) is 17.6. The van der Waals surface area contributed by atoms with Gasteiger partial charge in [-0.05, 0) is 32.9 Å². The molecule has 0 radical (unpaired) electrons. The third-order valence-electron chi connectivity index (χ3n) is 5.67. The summed E-state index contributed by atoms with van der Waals surface area (Å²) >= 11 is 1.69. The van der Waals surface area contributed by atoms with E-state index in [1.165, 1.54) is 16.0 Å². The van der Waals surface area contributed by atoms with Crippen LogP contribution in [0.3, 0.4) is 0 Å². The number of amides is 1. The summed E-state index contributed by atoms with van der Waals surface area (Å²) in [4.78, 5) is 18.6. The molecule has 2 aromatic heterocycles. The highest BCUT2D eigenvalue weighted by Crippen LogP contribution is 2.30. The Morgan fingerprint density at radius 1 is 1.39 bits per heavy atom. The molecular weight excluding hydrogens is 376 g/mol. The van der Waals surface area contributed by atoms with E-state index in [1.807, 2.05) is 19.2 Å². The van der Waals surface area contributed by atoms with Gasteiger partial charge in [0, 0.05) is 55.1 Å². The monoisotopic (exact) mass is 404 g/mol. The van der Waals surface area contributed by atoms with E-state index in [0.717, 1.165) is 62.8 Å². The topological polar surface area (TPSA) is 70.8 Å². The number of hydrogen-bond acceptors (Lipinski definition) is 7. The van der Waals surface area contributed by atoms with Crippen LogP contribution in [0.1, 0.15) is 37.8 Å². The smallest absolute Gasteiger partial charge is 0.252 e. The molecule has 0 unspecified atom stereocenters. The Morgan fingerprint density at radius 2 is 2.25 bits per heavy atom. The highest BCUT2D eigenvalue weighted by Gasteiger charge is 2.26. The minimum atomic E-state index is 0.0218. The van der Waals surface area contributed by atoms with Crippen LogP contribution in [0.2, 0.25) is 0 Å². The first kappa shape index (κ1) is 19.6. The number of nitrogens with one attached hydrogen (secondary N) is 1. The molecule has 0 aliphatic carbocycles. The van der Waals surface area contributed by atoms with Gasteiger partial charge in [0.15, 0.2) is 0 Å². The number of likely N-dealkylation sites (N-methyl/N-ethyl adjacent to an activating group) is 1. The first-order chi connectivity index (χ1) is 13.5. The molecular formula is C20H28N4O3S. The van der Waals surface area contributed by atoms with Crippen LogP contribution in [-0.4, -0.2) is 66.8 Å². The first-order valence-corrected chi connectivity index (χ1v) is 10.7. The van der Waals surface area contributed by atoms with Gasteiger partial charge in [0.1, 0.15) is 5.76 Å². The summed E-state index contributed by atoms with van der Waals surface area (Å²) in [5.74, 6) is 0.915. The summed E-state index contributed by atoms with van der Waals surface area (Å²) in [5.41, 5.74) is 4.18. The van der Waals surface area contributed by atoms with Gasteiger partial charge in [-0.3, -0.25) is 9.69 Å². The summed E-state index contributed by atoms with van der Waals surface area (Å²) in [6.07, 6.45) is 0.968. The Morgan fingerprint density at radius 3 is 3.00 bits per heavy atom. The fourth-order valence-corrected chi connectivity index (χ4v) is 5.07. The minimum absolute atomic E-state index is 0.0218. The molecule has 152 valence electrons. The molecule has 2 aliphatic rings. The third-order valence-corrected chi connectivity index (χ3v) is 6.68. The van der Waals surface area contributed by atoms with Crippen molar-refractivity contribution in [1.82, 2.24) is 20.3 Å². The van der Waals surface area contributed by atoms with Gasteiger partial charge >= 0.3 is 0 Å². The van der Waals surface area contributed by atoms with E-state index >= 15 is 0 Å². The van der Waals surface area contributed by atoms with Crippen molar-refractivity contribution in [2.75, 3.05) is 39.8 Å². The van der Waals surface area contributed by atoms with E-state index < -0.39 is 0 Å². The normalized spacial score (nSPS) is 20.9. The average Bonchev–Trinajstić information content (AvgIpc) is 3.24. The quantitative estimate of drug-likeness (QED) is 0.822. The van der Waals surface area contributed by atoms with Crippen LogP contribution in [0.4, 0.5) is 0 Å². The number of carbonyl (C=O) groups excluding carboxylic acids is 1. The van der Waals surface area contributed by atoms with Crippen molar-refractivity contribution in [1.29, 1.82) is 0 Å². The number of aromatic nitrogens is 1. The molecule has 2 aromatic rings. The van der Waals surface area contributed by atoms with Gasteiger partial charge in [-0.15, -0.1) is 11.3 Å². The van der Waals surface area contributed by atoms with Crippen molar-refractivity contribution < 1.29 is 14.1 Å². The van der Waals surface area contributed by atoms with Crippen molar-refractivity contribution in [2.24, 2.45) is 0 Å². The van der Waals surface area contributed by atoms with Crippen molar-refractivity contribution in [3.8, 4) is 0 Å².